The summed E-state index contributed by atoms with van der Waals surface area (Å²) in [5, 5.41) is 9.49. The summed E-state index contributed by atoms with van der Waals surface area (Å²) in [6.45, 7) is 0. The van der Waals surface area contributed by atoms with Crippen molar-refractivity contribution in [1.29, 1.82) is 0 Å². The molecule has 10 rings (SSSR count). The maximum Gasteiger partial charge on any atom is 0.160 e. The van der Waals surface area contributed by atoms with Crippen molar-refractivity contribution in [2.45, 2.75) is 0 Å². The molecule has 0 spiro atoms. The van der Waals surface area contributed by atoms with Crippen LogP contribution in [0.5, 0.6) is 0 Å². The van der Waals surface area contributed by atoms with Crippen LogP contribution in [0.3, 0.4) is 0 Å². The van der Waals surface area contributed by atoms with Crippen LogP contribution in [-0.2, 0) is 0 Å². The fourth-order valence-electron chi connectivity index (χ4n) is 7.44. The predicted octanol–water partition coefficient (Wildman–Crippen LogP) is 12.3. The van der Waals surface area contributed by atoms with E-state index in [-0.39, 0.29) is 0 Å². The number of rotatable bonds is 4. The average molecular weight is 636 g/mol. The van der Waals surface area contributed by atoms with E-state index in [9.17, 15) is 0 Å². The number of para-hydroxylation sites is 2. The molecular weight excluding hydrogens is 607 g/mol. The third kappa shape index (κ3) is 4.63. The predicted molar refractivity (Wildman–Crippen MR) is 209 cm³/mol. The minimum absolute atomic E-state index is 0.712. The Bertz CT molecular complexity index is 2910. The second-order valence-electron chi connectivity index (χ2n) is 12.8. The molecule has 0 bridgehead atoms. The largest absolute Gasteiger partial charge is 0.247 e. The molecule has 0 atom stereocenters. The molecule has 0 saturated carbocycles. The molecule has 0 unspecified atom stereocenters. The summed E-state index contributed by atoms with van der Waals surface area (Å²) in [4.78, 5) is 15.5. The van der Waals surface area contributed by atoms with Crippen molar-refractivity contribution < 1.29 is 0 Å². The van der Waals surface area contributed by atoms with Crippen LogP contribution in [0.25, 0.3) is 99.2 Å². The minimum Gasteiger partial charge on any atom is -0.247 e. The van der Waals surface area contributed by atoms with Crippen molar-refractivity contribution in [2.75, 3.05) is 0 Å². The normalized spacial score (nSPS) is 11.6. The molecule has 0 amide bonds. The van der Waals surface area contributed by atoms with Gasteiger partial charge in [-0.3, -0.25) is 0 Å². The molecule has 3 nitrogen and oxygen atoms in total. The summed E-state index contributed by atoms with van der Waals surface area (Å²) in [6.07, 6.45) is 0. The zero-order chi connectivity index (χ0) is 33.0. The van der Waals surface area contributed by atoms with Crippen LogP contribution in [0.1, 0.15) is 0 Å². The summed E-state index contributed by atoms with van der Waals surface area (Å²) in [7, 11) is 0. The molecule has 0 aliphatic rings. The van der Waals surface area contributed by atoms with Gasteiger partial charge in [0, 0.05) is 38.2 Å². The first kappa shape index (κ1) is 28.3. The molecule has 8 aromatic carbocycles. The Morgan fingerprint density at radius 1 is 0.300 bits per heavy atom. The number of hydrogen-bond acceptors (Lipinski definition) is 3. The summed E-state index contributed by atoms with van der Waals surface area (Å²) in [5.41, 5.74) is 9.29. The summed E-state index contributed by atoms with van der Waals surface area (Å²) in [5.74, 6) is 0.712. The Morgan fingerprint density at radius 2 is 0.900 bits per heavy atom. The molecule has 0 fully saturated rings. The summed E-state index contributed by atoms with van der Waals surface area (Å²) in [6, 6.07) is 62.0. The van der Waals surface area contributed by atoms with Crippen LogP contribution in [0.4, 0.5) is 0 Å². The molecule has 0 N–H and O–H groups in total. The van der Waals surface area contributed by atoms with Crippen molar-refractivity contribution in [3.63, 3.8) is 0 Å². The minimum atomic E-state index is 0.712. The van der Waals surface area contributed by atoms with Gasteiger partial charge < -0.3 is 0 Å². The van der Waals surface area contributed by atoms with Gasteiger partial charge in [0.05, 0.1) is 22.4 Å². The third-order valence-corrected chi connectivity index (χ3v) is 9.85. The second-order valence-corrected chi connectivity index (χ2v) is 12.8. The summed E-state index contributed by atoms with van der Waals surface area (Å²) >= 11 is 0. The van der Waals surface area contributed by atoms with E-state index in [1.54, 1.807) is 0 Å². The van der Waals surface area contributed by atoms with Crippen LogP contribution < -0.4 is 0 Å². The molecule has 0 aliphatic carbocycles. The van der Waals surface area contributed by atoms with E-state index < -0.39 is 0 Å². The fraction of sp³-hybridized carbons (Fsp3) is 0. The van der Waals surface area contributed by atoms with Crippen molar-refractivity contribution in [2.24, 2.45) is 0 Å². The smallest absolute Gasteiger partial charge is 0.160 e. The van der Waals surface area contributed by atoms with Crippen LogP contribution in [-0.4, -0.2) is 15.0 Å². The van der Waals surface area contributed by atoms with E-state index in [4.69, 9.17) is 15.0 Å². The van der Waals surface area contributed by atoms with Gasteiger partial charge in [0.1, 0.15) is 0 Å². The lowest BCUT2D eigenvalue weighted by Crippen LogP contribution is -1.96. The maximum atomic E-state index is 5.24. The van der Waals surface area contributed by atoms with E-state index in [1.165, 1.54) is 32.3 Å². The lowest BCUT2D eigenvalue weighted by atomic mass is 9.94. The fourth-order valence-corrected chi connectivity index (χ4v) is 7.44. The zero-order valence-corrected chi connectivity index (χ0v) is 27.1. The van der Waals surface area contributed by atoms with E-state index in [0.29, 0.717) is 5.82 Å². The maximum absolute atomic E-state index is 5.24. The first-order chi connectivity index (χ1) is 24.8. The molecule has 3 heteroatoms. The SMILES string of the molecule is c1cc(-c2ccc(-c3nc4ccccc4c4c3ccc3ccccc34)cc2)cc(-c2nc(-c3cccc4ccccc34)c3ccccc3n2)c1. The lowest BCUT2D eigenvalue weighted by molar-refractivity contribution is 1.23. The number of aromatic nitrogens is 3. The Hall–Kier alpha value is -6.71. The Balaban J connectivity index is 1.07. The molecular formula is C47H29N3. The van der Waals surface area contributed by atoms with Crippen molar-refractivity contribution >= 4 is 54.1 Å². The van der Waals surface area contributed by atoms with Gasteiger partial charge in [-0.25, -0.2) is 15.0 Å². The van der Waals surface area contributed by atoms with Crippen molar-refractivity contribution in [3.05, 3.63) is 176 Å². The third-order valence-electron chi connectivity index (χ3n) is 9.85. The molecule has 0 radical (unpaired) electrons. The molecule has 2 aromatic heterocycles. The monoisotopic (exact) mass is 635 g/mol. The highest BCUT2D eigenvalue weighted by molar-refractivity contribution is 6.22. The van der Waals surface area contributed by atoms with Gasteiger partial charge in [0.25, 0.3) is 0 Å². The van der Waals surface area contributed by atoms with E-state index in [1.807, 2.05) is 6.07 Å². The highest BCUT2D eigenvalue weighted by Gasteiger charge is 2.16. The van der Waals surface area contributed by atoms with E-state index in [0.717, 1.165) is 61.0 Å². The van der Waals surface area contributed by atoms with Crippen molar-refractivity contribution in [1.82, 2.24) is 15.0 Å². The average Bonchev–Trinajstić information content (AvgIpc) is 3.20. The van der Waals surface area contributed by atoms with Gasteiger partial charge in [0.2, 0.25) is 0 Å². The highest BCUT2D eigenvalue weighted by atomic mass is 14.9. The van der Waals surface area contributed by atoms with Gasteiger partial charge in [-0.2, -0.15) is 0 Å². The molecule has 2 heterocycles. The van der Waals surface area contributed by atoms with E-state index in [2.05, 4.69) is 170 Å². The Morgan fingerprint density at radius 3 is 1.72 bits per heavy atom. The van der Waals surface area contributed by atoms with Crippen LogP contribution in [0.2, 0.25) is 0 Å². The van der Waals surface area contributed by atoms with Gasteiger partial charge >= 0.3 is 0 Å². The lowest BCUT2D eigenvalue weighted by Gasteiger charge is -2.13. The first-order valence-electron chi connectivity index (χ1n) is 16.9. The second kappa shape index (κ2) is 11.5. The van der Waals surface area contributed by atoms with E-state index >= 15 is 0 Å². The van der Waals surface area contributed by atoms with Crippen LogP contribution in [0.15, 0.2) is 176 Å². The summed E-state index contributed by atoms with van der Waals surface area (Å²) < 4.78 is 0. The molecule has 232 valence electrons. The quantitative estimate of drug-likeness (QED) is 0.181. The highest BCUT2D eigenvalue weighted by Crippen LogP contribution is 2.38. The zero-order valence-electron chi connectivity index (χ0n) is 27.1. The van der Waals surface area contributed by atoms with Crippen LogP contribution >= 0.6 is 0 Å². The number of benzene rings is 8. The first-order valence-corrected chi connectivity index (χ1v) is 16.9. The topological polar surface area (TPSA) is 38.7 Å². The molecule has 10 aromatic rings. The molecule has 0 saturated heterocycles. The van der Waals surface area contributed by atoms with Gasteiger partial charge in [0.15, 0.2) is 5.82 Å². The molecule has 50 heavy (non-hydrogen) atoms. The van der Waals surface area contributed by atoms with Gasteiger partial charge in [-0.15, -0.1) is 0 Å². The number of pyridine rings is 1. The Labute approximate surface area is 289 Å². The number of hydrogen-bond donors (Lipinski definition) is 0. The van der Waals surface area contributed by atoms with Crippen molar-refractivity contribution in [3.8, 4) is 45.0 Å². The van der Waals surface area contributed by atoms with Gasteiger partial charge in [-0.05, 0) is 50.9 Å². The molecule has 0 aliphatic heterocycles. The standard InChI is InChI=1S/C47H29N3/c1-3-16-36-31(11-1)13-10-20-38(36)46-40-19-6-8-22-43(40)49-47(50-46)35-15-9-14-34(29-35)30-23-25-33(26-24-30)45-41-28-27-32-12-2-4-17-37(32)44(41)39-18-5-7-21-42(39)48-45/h1-29H. The Kier molecular flexibility index (Phi) is 6.49. The van der Waals surface area contributed by atoms with Gasteiger partial charge in [-0.1, -0.05) is 158 Å². The number of nitrogens with zero attached hydrogens (tertiary/aromatic N) is 3. The number of fused-ring (bicyclic) bond motifs is 7. The van der Waals surface area contributed by atoms with Crippen LogP contribution in [0, 0.1) is 0 Å².